The van der Waals surface area contributed by atoms with E-state index in [1.54, 1.807) is 24.3 Å². The molecule has 7 aromatic carbocycles. The van der Waals surface area contributed by atoms with Crippen LogP contribution in [0.25, 0.3) is 32.3 Å². The van der Waals surface area contributed by atoms with Gasteiger partial charge < -0.3 is 9.80 Å². The molecule has 0 spiro atoms. The Bertz CT molecular complexity index is 2420. The molecule has 0 amide bonds. The van der Waals surface area contributed by atoms with Crippen molar-refractivity contribution >= 4 is 60.8 Å². The van der Waals surface area contributed by atoms with Crippen molar-refractivity contribution in [2.24, 2.45) is 0 Å². The standard InChI is InChI=1S/C46H40F2N2/c1-29(2)41-27-43(49(33-15-7-5-8-16-33)35-19-11-13-31(47)25-35)39-24-22-38-42(30(3)4)28-44(40-23-21-37(41)45(39)46(38)40)50(34-17-9-6-10-18-34)36-20-12-14-32(48)26-36/h5-9,11-17,19-30H,10,18H2,1-4H3. The first-order chi connectivity index (χ1) is 24.3. The van der Waals surface area contributed by atoms with Crippen molar-refractivity contribution in [1.29, 1.82) is 0 Å². The molecule has 0 unspecified atom stereocenters. The molecule has 0 aromatic heterocycles. The third-order valence-electron chi connectivity index (χ3n) is 10.1. The van der Waals surface area contributed by atoms with E-state index in [4.69, 9.17) is 0 Å². The van der Waals surface area contributed by atoms with E-state index in [9.17, 15) is 8.78 Å². The van der Waals surface area contributed by atoms with E-state index in [1.807, 2.05) is 30.3 Å². The highest BCUT2D eigenvalue weighted by molar-refractivity contribution is 6.29. The van der Waals surface area contributed by atoms with Crippen LogP contribution in [0.2, 0.25) is 0 Å². The minimum Gasteiger partial charge on any atom is -0.313 e. The Hall–Kier alpha value is -5.48. The molecule has 4 heteroatoms. The molecular weight excluding hydrogens is 619 g/mol. The number of anilines is 5. The van der Waals surface area contributed by atoms with E-state index >= 15 is 0 Å². The summed E-state index contributed by atoms with van der Waals surface area (Å²) in [5, 5.41) is 7.04. The molecule has 1 aliphatic carbocycles. The molecule has 0 aliphatic heterocycles. The maximum atomic E-state index is 14.9. The molecule has 7 aromatic rings. The molecule has 0 fully saturated rings. The van der Waals surface area contributed by atoms with Gasteiger partial charge in [-0.3, -0.25) is 0 Å². The second kappa shape index (κ2) is 12.8. The van der Waals surface area contributed by atoms with E-state index in [-0.39, 0.29) is 23.5 Å². The summed E-state index contributed by atoms with van der Waals surface area (Å²) in [5.41, 5.74) is 8.19. The van der Waals surface area contributed by atoms with Crippen molar-refractivity contribution in [1.82, 2.24) is 0 Å². The van der Waals surface area contributed by atoms with Crippen LogP contribution in [-0.2, 0) is 0 Å². The third kappa shape index (κ3) is 5.40. The van der Waals surface area contributed by atoms with Gasteiger partial charge in [0.2, 0.25) is 0 Å². The molecule has 0 radical (unpaired) electrons. The van der Waals surface area contributed by atoms with Crippen molar-refractivity contribution in [2.75, 3.05) is 9.80 Å². The van der Waals surface area contributed by atoms with Crippen LogP contribution < -0.4 is 9.80 Å². The largest absolute Gasteiger partial charge is 0.313 e. The SMILES string of the molecule is CC(C)c1cc(N(C2=CC=CCC2)c2cccc(F)c2)c2ccc3c(C(C)C)cc(N(c4ccccc4)c4cccc(F)c4)c4ccc1c2c34. The number of nitrogens with zero attached hydrogens (tertiary/aromatic N) is 2. The summed E-state index contributed by atoms with van der Waals surface area (Å²) in [5.74, 6) is -0.0629. The van der Waals surface area contributed by atoms with Gasteiger partial charge in [0, 0.05) is 33.5 Å². The quantitative estimate of drug-likeness (QED) is 0.150. The van der Waals surface area contributed by atoms with Crippen LogP contribution in [-0.4, -0.2) is 0 Å². The maximum absolute atomic E-state index is 14.9. The van der Waals surface area contributed by atoms with Gasteiger partial charge in [-0.2, -0.15) is 0 Å². The molecule has 0 N–H and O–H groups in total. The maximum Gasteiger partial charge on any atom is 0.125 e. The Labute approximate surface area is 292 Å². The van der Waals surface area contributed by atoms with Gasteiger partial charge in [-0.1, -0.05) is 94.4 Å². The highest BCUT2D eigenvalue weighted by Gasteiger charge is 2.26. The summed E-state index contributed by atoms with van der Waals surface area (Å²) < 4.78 is 29.8. The smallest absolute Gasteiger partial charge is 0.125 e. The van der Waals surface area contributed by atoms with Crippen LogP contribution >= 0.6 is 0 Å². The molecule has 0 heterocycles. The van der Waals surface area contributed by atoms with Crippen molar-refractivity contribution in [3.05, 3.63) is 162 Å². The zero-order chi connectivity index (χ0) is 34.5. The molecular formula is C46H40F2N2. The molecule has 50 heavy (non-hydrogen) atoms. The second-order valence-corrected chi connectivity index (χ2v) is 13.9. The van der Waals surface area contributed by atoms with Crippen molar-refractivity contribution in [3.63, 3.8) is 0 Å². The monoisotopic (exact) mass is 658 g/mol. The Morgan fingerprint density at radius 1 is 0.520 bits per heavy atom. The number of para-hydroxylation sites is 1. The molecule has 0 saturated heterocycles. The Balaban J connectivity index is 1.52. The Morgan fingerprint density at radius 2 is 1.02 bits per heavy atom. The van der Waals surface area contributed by atoms with Gasteiger partial charge in [-0.15, -0.1) is 0 Å². The predicted octanol–water partition coefficient (Wildman–Crippen LogP) is 14.0. The summed E-state index contributed by atoms with van der Waals surface area (Å²) in [6.07, 6.45) is 8.23. The molecule has 2 nitrogen and oxygen atoms in total. The molecule has 0 saturated carbocycles. The van der Waals surface area contributed by atoms with Crippen LogP contribution in [0.5, 0.6) is 0 Å². The highest BCUT2D eigenvalue weighted by atomic mass is 19.1. The topological polar surface area (TPSA) is 6.48 Å². The van der Waals surface area contributed by atoms with Gasteiger partial charge in [-0.25, -0.2) is 8.78 Å². The van der Waals surface area contributed by atoms with Crippen molar-refractivity contribution in [3.8, 4) is 0 Å². The number of hydrogen-bond donors (Lipinski definition) is 0. The average Bonchev–Trinajstić information content (AvgIpc) is 3.12. The third-order valence-corrected chi connectivity index (χ3v) is 10.1. The summed E-state index contributed by atoms with van der Waals surface area (Å²) in [7, 11) is 0. The minimum atomic E-state index is -0.277. The van der Waals surface area contributed by atoms with Crippen LogP contribution in [0.4, 0.5) is 37.2 Å². The van der Waals surface area contributed by atoms with Crippen molar-refractivity contribution in [2.45, 2.75) is 52.4 Å². The zero-order valence-electron chi connectivity index (χ0n) is 28.9. The van der Waals surface area contributed by atoms with Gasteiger partial charge in [0.05, 0.1) is 11.4 Å². The predicted molar refractivity (Wildman–Crippen MR) is 208 cm³/mol. The van der Waals surface area contributed by atoms with Gasteiger partial charge >= 0.3 is 0 Å². The van der Waals surface area contributed by atoms with Crippen LogP contribution in [0.3, 0.4) is 0 Å². The highest BCUT2D eigenvalue weighted by Crippen LogP contribution is 2.50. The Morgan fingerprint density at radius 3 is 1.52 bits per heavy atom. The normalized spacial score (nSPS) is 13.2. The van der Waals surface area contributed by atoms with Crippen LogP contribution in [0.15, 0.2) is 139 Å². The lowest BCUT2D eigenvalue weighted by molar-refractivity contribution is 0.627. The molecule has 0 atom stereocenters. The van der Waals surface area contributed by atoms with Crippen LogP contribution in [0.1, 0.15) is 63.5 Å². The van der Waals surface area contributed by atoms with E-state index in [0.29, 0.717) is 0 Å². The van der Waals surface area contributed by atoms with Crippen molar-refractivity contribution < 1.29 is 8.78 Å². The summed E-state index contributed by atoms with van der Waals surface area (Å²) >= 11 is 0. The van der Waals surface area contributed by atoms with E-state index in [1.165, 1.54) is 44.8 Å². The van der Waals surface area contributed by atoms with Gasteiger partial charge in [0.1, 0.15) is 11.6 Å². The van der Waals surface area contributed by atoms with Gasteiger partial charge in [0.15, 0.2) is 0 Å². The number of halogens is 2. The van der Waals surface area contributed by atoms with E-state index in [0.717, 1.165) is 57.7 Å². The zero-order valence-corrected chi connectivity index (χ0v) is 28.9. The summed E-state index contributed by atoms with van der Waals surface area (Å²) in [4.78, 5) is 4.45. The molecule has 8 rings (SSSR count). The first-order valence-corrected chi connectivity index (χ1v) is 17.6. The fourth-order valence-corrected chi connectivity index (χ4v) is 7.81. The van der Waals surface area contributed by atoms with Crippen LogP contribution in [0, 0.1) is 11.6 Å². The van der Waals surface area contributed by atoms with Gasteiger partial charge in [0.25, 0.3) is 0 Å². The lowest BCUT2D eigenvalue weighted by atomic mass is 9.84. The number of benzene rings is 7. The molecule has 1 aliphatic rings. The first-order valence-electron chi connectivity index (χ1n) is 17.6. The number of hydrogen-bond acceptors (Lipinski definition) is 2. The van der Waals surface area contributed by atoms with E-state index < -0.39 is 0 Å². The Kier molecular flexibility index (Phi) is 8.11. The summed E-state index contributed by atoms with van der Waals surface area (Å²) in [6.45, 7) is 8.98. The fourth-order valence-electron chi connectivity index (χ4n) is 7.81. The number of rotatable bonds is 8. The average molecular weight is 659 g/mol. The molecule has 248 valence electrons. The summed E-state index contributed by atoms with van der Waals surface area (Å²) in [6, 6.07) is 37.7. The lowest BCUT2D eigenvalue weighted by Gasteiger charge is -2.33. The lowest BCUT2D eigenvalue weighted by Crippen LogP contribution is -2.18. The second-order valence-electron chi connectivity index (χ2n) is 13.9. The van der Waals surface area contributed by atoms with Gasteiger partial charge in [-0.05, 0) is 124 Å². The minimum absolute atomic E-state index is 0.232. The molecule has 0 bridgehead atoms. The first kappa shape index (κ1) is 31.8. The number of allylic oxidation sites excluding steroid dienone is 4. The van der Waals surface area contributed by atoms with E-state index in [2.05, 4.69) is 104 Å². The fraction of sp³-hybridized carbons (Fsp3) is 0.174.